The van der Waals surface area contributed by atoms with Gasteiger partial charge < -0.3 is 32.3 Å². The number of ketones is 3. The van der Waals surface area contributed by atoms with Gasteiger partial charge in [0.15, 0.2) is 23.3 Å². The quantitative estimate of drug-likeness (QED) is 0.213. The molecule has 1 heterocycles. The maximum Gasteiger partial charge on any atom is 0.337 e. The van der Waals surface area contributed by atoms with E-state index in [9.17, 15) is 33.9 Å². The molecular formula is C14H20N4O8. The fourth-order valence-electron chi connectivity index (χ4n) is 2.42. The van der Waals surface area contributed by atoms with Crippen molar-refractivity contribution in [3.63, 3.8) is 0 Å². The molecule has 1 aliphatic rings. The molecule has 1 rings (SSSR count). The van der Waals surface area contributed by atoms with Crippen LogP contribution in [0.2, 0.25) is 0 Å². The van der Waals surface area contributed by atoms with Crippen LogP contribution in [0.15, 0.2) is 0 Å². The molecule has 0 radical (unpaired) electrons. The summed E-state index contributed by atoms with van der Waals surface area (Å²) in [6.45, 7) is -0.284. The molecule has 12 nitrogen and oxygen atoms in total. The molecule has 0 saturated carbocycles. The van der Waals surface area contributed by atoms with Crippen LogP contribution in [0.5, 0.6) is 0 Å². The normalized spacial score (nSPS) is 22.9. The Morgan fingerprint density at radius 2 is 1.88 bits per heavy atom. The third-order valence-corrected chi connectivity index (χ3v) is 4.04. The molecule has 0 aliphatic carbocycles. The summed E-state index contributed by atoms with van der Waals surface area (Å²) in [6.07, 6.45) is -1.15. The fourth-order valence-corrected chi connectivity index (χ4v) is 2.42. The second-order valence-electron chi connectivity index (χ2n) is 5.82. The highest BCUT2D eigenvalue weighted by Crippen LogP contribution is 2.21. The minimum Gasteiger partial charge on any atom is -0.479 e. The Bertz CT molecular complexity index is 647. The van der Waals surface area contributed by atoms with Crippen LogP contribution in [0.3, 0.4) is 0 Å². The van der Waals surface area contributed by atoms with E-state index in [1.54, 1.807) is 0 Å². The molecule has 2 amide bonds. The molecule has 1 fully saturated rings. The first-order valence-corrected chi connectivity index (χ1v) is 7.51. The molecule has 144 valence electrons. The lowest BCUT2D eigenvalue weighted by Crippen LogP contribution is -2.64. The summed E-state index contributed by atoms with van der Waals surface area (Å²) < 4.78 is 0. The molecule has 0 aromatic heterocycles. The zero-order valence-electron chi connectivity index (χ0n) is 13.9. The van der Waals surface area contributed by atoms with Crippen molar-refractivity contribution in [1.82, 2.24) is 10.6 Å². The SMILES string of the molecule is CC(=O)C(CC(=O)C1C(=O)NC(CN)C1=O)(NC(=O)C(N)CO)C(=O)O. The highest BCUT2D eigenvalue weighted by molar-refractivity contribution is 6.26. The van der Waals surface area contributed by atoms with E-state index >= 15 is 0 Å². The average Bonchev–Trinajstić information content (AvgIpc) is 2.86. The molecular weight excluding hydrogens is 352 g/mol. The van der Waals surface area contributed by atoms with Gasteiger partial charge in [-0.15, -0.1) is 0 Å². The third kappa shape index (κ3) is 3.92. The predicted molar refractivity (Wildman–Crippen MR) is 83.4 cm³/mol. The molecule has 4 unspecified atom stereocenters. The van der Waals surface area contributed by atoms with Gasteiger partial charge in [0.2, 0.25) is 17.4 Å². The van der Waals surface area contributed by atoms with E-state index in [0.29, 0.717) is 0 Å². The Labute approximate surface area is 147 Å². The molecule has 0 bridgehead atoms. The Hall–Kier alpha value is -2.70. The second kappa shape index (κ2) is 8.12. The van der Waals surface area contributed by atoms with Gasteiger partial charge in [-0.3, -0.25) is 24.0 Å². The molecule has 1 saturated heterocycles. The van der Waals surface area contributed by atoms with Crippen LogP contribution < -0.4 is 22.1 Å². The first-order chi connectivity index (χ1) is 12.0. The topological polar surface area (TPSA) is 219 Å². The van der Waals surface area contributed by atoms with Gasteiger partial charge in [-0.1, -0.05) is 0 Å². The third-order valence-electron chi connectivity index (χ3n) is 4.04. The van der Waals surface area contributed by atoms with Crippen LogP contribution in [-0.4, -0.2) is 76.1 Å². The molecule has 26 heavy (non-hydrogen) atoms. The lowest BCUT2D eigenvalue weighted by atomic mass is 9.83. The maximum absolute atomic E-state index is 12.4. The van der Waals surface area contributed by atoms with E-state index in [2.05, 4.69) is 5.32 Å². The van der Waals surface area contributed by atoms with Gasteiger partial charge in [0.25, 0.3) is 0 Å². The Morgan fingerprint density at radius 1 is 1.31 bits per heavy atom. The van der Waals surface area contributed by atoms with Crippen LogP contribution >= 0.6 is 0 Å². The van der Waals surface area contributed by atoms with Crippen molar-refractivity contribution in [1.29, 1.82) is 0 Å². The van der Waals surface area contributed by atoms with Crippen LogP contribution in [0.25, 0.3) is 0 Å². The number of aliphatic hydroxyl groups excluding tert-OH is 1. The van der Waals surface area contributed by atoms with Gasteiger partial charge >= 0.3 is 5.97 Å². The van der Waals surface area contributed by atoms with Crippen molar-refractivity contribution < 1.29 is 39.0 Å². The van der Waals surface area contributed by atoms with Gasteiger partial charge in [0.05, 0.1) is 6.61 Å². The molecule has 0 spiro atoms. The summed E-state index contributed by atoms with van der Waals surface area (Å²) in [6, 6.07) is -2.63. The number of carboxylic acids is 1. The van der Waals surface area contributed by atoms with Crippen molar-refractivity contribution >= 4 is 35.1 Å². The van der Waals surface area contributed by atoms with Crippen LogP contribution in [0.1, 0.15) is 13.3 Å². The summed E-state index contributed by atoms with van der Waals surface area (Å²) in [5.74, 6) is -9.00. The number of Topliss-reactive ketones (excluding diaryl/α,β-unsaturated/α-hetero) is 3. The first kappa shape index (κ1) is 21.3. The first-order valence-electron chi connectivity index (χ1n) is 7.51. The van der Waals surface area contributed by atoms with Crippen LogP contribution in [0.4, 0.5) is 0 Å². The lowest BCUT2D eigenvalue weighted by molar-refractivity contribution is -0.156. The number of carbonyl (C=O) groups excluding carboxylic acids is 5. The number of carbonyl (C=O) groups is 6. The maximum atomic E-state index is 12.4. The minimum atomic E-state index is -2.73. The average molecular weight is 372 g/mol. The van der Waals surface area contributed by atoms with Crippen molar-refractivity contribution in [2.75, 3.05) is 13.2 Å². The van der Waals surface area contributed by atoms with Gasteiger partial charge in [0, 0.05) is 13.0 Å². The van der Waals surface area contributed by atoms with E-state index in [1.165, 1.54) is 0 Å². The summed E-state index contributed by atoms with van der Waals surface area (Å²) in [5.41, 5.74) is 7.84. The molecule has 1 aliphatic heterocycles. The number of aliphatic carboxylic acids is 1. The van der Waals surface area contributed by atoms with Gasteiger partial charge in [-0.05, 0) is 6.92 Å². The summed E-state index contributed by atoms with van der Waals surface area (Å²) in [5, 5.41) is 22.3. The predicted octanol–water partition coefficient (Wildman–Crippen LogP) is -4.56. The molecule has 0 aromatic rings. The number of nitrogens with one attached hydrogen (secondary N) is 2. The number of rotatable bonds is 9. The van der Waals surface area contributed by atoms with Crippen molar-refractivity contribution in [3.8, 4) is 0 Å². The van der Waals surface area contributed by atoms with E-state index < -0.39 is 71.7 Å². The Balaban J connectivity index is 3.17. The number of aliphatic hydroxyl groups is 1. The molecule has 4 atom stereocenters. The number of carboxylic acid groups (broad SMARTS) is 1. The summed E-state index contributed by atoms with van der Waals surface area (Å²) in [7, 11) is 0. The van der Waals surface area contributed by atoms with Crippen molar-refractivity contribution in [2.24, 2.45) is 17.4 Å². The smallest absolute Gasteiger partial charge is 0.337 e. The second-order valence-corrected chi connectivity index (χ2v) is 5.82. The van der Waals surface area contributed by atoms with Gasteiger partial charge in [-0.2, -0.15) is 0 Å². The monoisotopic (exact) mass is 372 g/mol. The molecule has 12 heteroatoms. The summed E-state index contributed by atoms with van der Waals surface area (Å²) >= 11 is 0. The molecule has 8 N–H and O–H groups in total. The highest BCUT2D eigenvalue weighted by atomic mass is 16.4. The standard InChI is InChI=1S/C14H20N4O8/c1-5(20)14(13(25)26,18-11(23)6(16)4-19)2-8(21)9-10(22)7(3-15)17-12(9)24/h6-7,9,19H,2-4,15-16H2,1H3,(H,17,24)(H,18,23)(H,25,26). The number of hydrogen-bond acceptors (Lipinski definition) is 9. The van der Waals surface area contributed by atoms with E-state index in [-0.39, 0.29) is 6.54 Å². The van der Waals surface area contributed by atoms with Crippen molar-refractivity contribution in [3.05, 3.63) is 0 Å². The zero-order valence-corrected chi connectivity index (χ0v) is 13.9. The fraction of sp³-hybridized carbons (Fsp3) is 0.571. The number of nitrogens with two attached hydrogens (primary N) is 2. The van der Waals surface area contributed by atoms with Gasteiger partial charge in [-0.25, -0.2) is 4.79 Å². The van der Waals surface area contributed by atoms with E-state index in [0.717, 1.165) is 6.92 Å². The highest BCUT2D eigenvalue weighted by Gasteiger charge is 2.52. The number of hydrogen-bond donors (Lipinski definition) is 6. The largest absolute Gasteiger partial charge is 0.479 e. The minimum absolute atomic E-state index is 0.257. The molecule has 0 aromatic carbocycles. The van der Waals surface area contributed by atoms with Crippen LogP contribution in [-0.2, 0) is 28.8 Å². The zero-order chi connectivity index (χ0) is 20.2. The summed E-state index contributed by atoms with van der Waals surface area (Å²) in [4.78, 5) is 71.7. The lowest BCUT2D eigenvalue weighted by Gasteiger charge is -2.28. The van der Waals surface area contributed by atoms with Crippen LogP contribution in [0, 0.1) is 5.92 Å². The van der Waals surface area contributed by atoms with Crippen molar-refractivity contribution in [2.45, 2.75) is 31.0 Å². The van der Waals surface area contributed by atoms with E-state index in [4.69, 9.17) is 16.6 Å². The Morgan fingerprint density at radius 3 is 2.27 bits per heavy atom. The van der Waals surface area contributed by atoms with E-state index in [1.807, 2.05) is 5.32 Å². The Kier molecular flexibility index (Phi) is 6.66. The number of amides is 2. The van der Waals surface area contributed by atoms with Gasteiger partial charge in [0.1, 0.15) is 12.1 Å².